The molecule has 3 aromatic rings. The third kappa shape index (κ3) is 3.44. The van der Waals surface area contributed by atoms with Crippen LogP contribution in [0.25, 0.3) is 11.3 Å². The molecule has 0 fully saturated rings. The van der Waals surface area contributed by atoms with E-state index >= 15 is 0 Å². The number of carbonyl (C=O) groups is 2. The summed E-state index contributed by atoms with van der Waals surface area (Å²) < 4.78 is 0. The Hall–Kier alpha value is -2.57. The van der Waals surface area contributed by atoms with Gasteiger partial charge in [-0.3, -0.25) is 14.9 Å². The van der Waals surface area contributed by atoms with Gasteiger partial charge < -0.3 is 0 Å². The monoisotopic (exact) mass is 343 g/mol. The molecule has 0 saturated carbocycles. The maximum atomic E-state index is 12.2. The average Bonchev–Trinajstić information content (AvgIpc) is 2.99. The van der Waals surface area contributed by atoms with Crippen LogP contribution in [0.15, 0.2) is 48.7 Å². The van der Waals surface area contributed by atoms with E-state index in [4.69, 9.17) is 11.6 Å². The maximum absolute atomic E-state index is 12.2. The van der Waals surface area contributed by atoms with Gasteiger partial charge in [0.15, 0.2) is 11.4 Å². The van der Waals surface area contributed by atoms with Crippen molar-refractivity contribution in [3.05, 3.63) is 64.3 Å². The molecule has 0 bridgehead atoms. The summed E-state index contributed by atoms with van der Waals surface area (Å²) in [6.07, 6.45) is 2.11. The van der Waals surface area contributed by atoms with Crippen LogP contribution in [0.3, 0.4) is 0 Å². The van der Waals surface area contributed by atoms with Crippen LogP contribution in [-0.2, 0) is 0 Å². The number of nitrogens with one attached hydrogen (secondary N) is 1. The lowest BCUT2D eigenvalue weighted by Gasteiger charge is -2.01. The minimum Gasteiger partial charge on any atom is -0.298 e. The molecule has 5 nitrogen and oxygen atoms in total. The molecule has 114 valence electrons. The molecule has 0 saturated heterocycles. The second kappa shape index (κ2) is 6.68. The van der Waals surface area contributed by atoms with Crippen molar-refractivity contribution >= 4 is 40.3 Å². The summed E-state index contributed by atoms with van der Waals surface area (Å²) in [5.74, 6) is -0.361. The molecule has 23 heavy (non-hydrogen) atoms. The lowest BCUT2D eigenvalue weighted by molar-refractivity contribution is 0.102. The van der Waals surface area contributed by atoms with Crippen LogP contribution in [0.4, 0.5) is 5.13 Å². The second-order valence-electron chi connectivity index (χ2n) is 4.54. The van der Waals surface area contributed by atoms with Gasteiger partial charge in [0.1, 0.15) is 5.15 Å². The molecule has 0 aliphatic heterocycles. The SMILES string of the molecule is O=Cc1sc(NC(=O)c2ccc(Cl)nc2)nc1-c1ccccc1. The van der Waals surface area contributed by atoms with Gasteiger partial charge >= 0.3 is 0 Å². The first-order chi connectivity index (χ1) is 11.2. The fourth-order valence-corrected chi connectivity index (χ4v) is 2.86. The van der Waals surface area contributed by atoms with Gasteiger partial charge in [-0.2, -0.15) is 0 Å². The van der Waals surface area contributed by atoms with Crippen molar-refractivity contribution in [2.75, 3.05) is 5.32 Å². The predicted octanol–water partition coefficient (Wildman–Crippen LogP) is 3.92. The van der Waals surface area contributed by atoms with Gasteiger partial charge in [0.2, 0.25) is 0 Å². The Morgan fingerprint density at radius 3 is 2.61 bits per heavy atom. The number of aldehydes is 1. The minimum atomic E-state index is -0.361. The van der Waals surface area contributed by atoms with E-state index in [9.17, 15) is 9.59 Å². The number of aromatic nitrogens is 2. The highest BCUT2D eigenvalue weighted by molar-refractivity contribution is 7.17. The zero-order valence-electron chi connectivity index (χ0n) is 11.7. The molecule has 0 radical (unpaired) electrons. The van der Waals surface area contributed by atoms with Crippen LogP contribution < -0.4 is 5.32 Å². The van der Waals surface area contributed by atoms with E-state index in [0.717, 1.165) is 23.2 Å². The van der Waals surface area contributed by atoms with E-state index in [1.165, 1.54) is 12.3 Å². The Morgan fingerprint density at radius 1 is 1.17 bits per heavy atom. The number of benzene rings is 1. The van der Waals surface area contributed by atoms with Crippen LogP contribution in [0.1, 0.15) is 20.0 Å². The topological polar surface area (TPSA) is 72.0 Å². The van der Waals surface area contributed by atoms with Gasteiger partial charge in [0.05, 0.1) is 16.1 Å². The fraction of sp³-hybridized carbons (Fsp3) is 0. The molecule has 0 aliphatic rings. The highest BCUT2D eigenvalue weighted by Gasteiger charge is 2.15. The zero-order chi connectivity index (χ0) is 16.2. The van der Waals surface area contributed by atoms with E-state index in [2.05, 4.69) is 15.3 Å². The number of thiazole rings is 1. The number of pyridine rings is 1. The first-order valence-corrected chi connectivity index (χ1v) is 7.81. The summed E-state index contributed by atoms with van der Waals surface area (Å²) in [7, 11) is 0. The van der Waals surface area contributed by atoms with Gasteiger partial charge in [0.25, 0.3) is 5.91 Å². The van der Waals surface area contributed by atoms with Crippen molar-refractivity contribution in [2.45, 2.75) is 0 Å². The number of nitrogens with zero attached hydrogens (tertiary/aromatic N) is 2. The number of amides is 1. The van der Waals surface area contributed by atoms with Crippen molar-refractivity contribution in [1.82, 2.24) is 9.97 Å². The number of anilines is 1. The molecule has 1 N–H and O–H groups in total. The molecule has 1 aromatic carbocycles. The Balaban J connectivity index is 1.87. The van der Waals surface area contributed by atoms with Crippen molar-refractivity contribution in [1.29, 1.82) is 0 Å². The summed E-state index contributed by atoms with van der Waals surface area (Å²) >= 11 is 6.82. The fourth-order valence-electron chi connectivity index (χ4n) is 1.95. The number of halogens is 1. The summed E-state index contributed by atoms with van der Waals surface area (Å²) in [5, 5.41) is 3.33. The van der Waals surface area contributed by atoms with Crippen LogP contribution >= 0.6 is 22.9 Å². The van der Waals surface area contributed by atoms with Crippen LogP contribution in [0, 0.1) is 0 Å². The van der Waals surface area contributed by atoms with Crippen molar-refractivity contribution < 1.29 is 9.59 Å². The Labute approximate surface area is 141 Å². The van der Waals surface area contributed by atoms with E-state index in [-0.39, 0.29) is 5.91 Å². The molecule has 7 heteroatoms. The van der Waals surface area contributed by atoms with Crippen molar-refractivity contribution in [3.8, 4) is 11.3 Å². The standard InChI is InChI=1S/C16H10ClN3O2S/c17-13-7-6-11(8-18-13)15(22)20-16-19-14(12(9-21)23-16)10-4-2-1-3-5-10/h1-9H,(H,19,20,22). The molecule has 0 spiro atoms. The first-order valence-electron chi connectivity index (χ1n) is 6.61. The molecule has 0 aliphatic carbocycles. The lowest BCUT2D eigenvalue weighted by atomic mass is 10.1. The smallest absolute Gasteiger partial charge is 0.259 e. The van der Waals surface area contributed by atoms with E-state index in [1.54, 1.807) is 6.07 Å². The van der Waals surface area contributed by atoms with Crippen LogP contribution in [0.2, 0.25) is 5.15 Å². The summed E-state index contributed by atoms with van der Waals surface area (Å²) in [4.78, 5) is 32.1. The second-order valence-corrected chi connectivity index (χ2v) is 5.96. The van der Waals surface area contributed by atoms with E-state index in [0.29, 0.717) is 26.4 Å². The Morgan fingerprint density at radius 2 is 1.96 bits per heavy atom. The predicted molar refractivity (Wildman–Crippen MR) is 90.1 cm³/mol. The van der Waals surface area contributed by atoms with Gasteiger partial charge in [-0.15, -0.1) is 0 Å². The number of rotatable bonds is 4. The molecule has 1 amide bonds. The average molecular weight is 344 g/mol. The van der Waals surface area contributed by atoms with Crippen molar-refractivity contribution in [3.63, 3.8) is 0 Å². The molecular weight excluding hydrogens is 334 g/mol. The molecular formula is C16H10ClN3O2S. The third-order valence-corrected chi connectivity index (χ3v) is 4.14. The van der Waals surface area contributed by atoms with E-state index < -0.39 is 0 Å². The summed E-state index contributed by atoms with van der Waals surface area (Å²) in [6, 6.07) is 12.4. The largest absolute Gasteiger partial charge is 0.298 e. The number of hydrogen-bond acceptors (Lipinski definition) is 5. The maximum Gasteiger partial charge on any atom is 0.259 e. The van der Waals surface area contributed by atoms with Gasteiger partial charge in [-0.1, -0.05) is 53.3 Å². The Kier molecular flexibility index (Phi) is 4.45. The highest BCUT2D eigenvalue weighted by Crippen LogP contribution is 2.30. The van der Waals surface area contributed by atoms with Crippen molar-refractivity contribution in [2.24, 2.45) is 0 Å². The van der Waals surface area contributed by atoms with Gasteiger partial charge in [-0.05, 0) is 12.1 Å². The van der Waals surface area contributed by atoms with E-state index in [1.807, 2.05) is 30.3 Å². The molecule has 2 aromatic heterocycles. The number of hydrogen-bond donors (Lipinski definition) is 1. The van der Waals surface area contributed by atoms with Gasteiger partial charge in [-0.25, -0.2) is 9.97 Å². The molecule has 2 heterocycles. The quantitative estimate of drug-likeness (QED) is 0.575. The summed E-state index contributed by atoms with van der Waals surface area (Å²) in [5.41, 5.74) is 1.73. The molecule has 0 unspecified atom stereocenters. The molecule has 3 rings (SSSR count). The molecule has 0 atom stereocenters. The van der Waals surface area contributed by atoms with Gasteiger partial charge in [0, 0.05) is 11.8 Å². The Bertz CT molecular complexity index is 848. The lowest BCUT2D eigenvalue weighted by Crippen LogP contribution is -2.11. The minimum absolute atomic E-state index is 0.311. The normalized spacial score (nSPS) is 10.3. The third-order valence-electron chi connectivity index (χ3n) is 3.02. The number of carbonyl (C=O) groups excluding carboxylic acids is 2. The van der Waals surface area contributed by atoms with Crippen LogP contribution in [0.5, 0.6) is 0 Å². The first kappa shape index (κ1) is 15.3. The van der Waals surface area contributed by atoms with Crippen LogP contribution in [-0.4, -0.2) is 22.2 Å². The highest BCUT2D eigenvalue weighted by atomic mass is 35.5. The zero-order valence-corrected chi connectivity index (χ0v) is 13.3. The summed E-state index contributed by atoms with van der Waals surface area (Å²) in [6.45, 7) is 0.